The first-order valence-corrected chi connectivity index (χ1v) is 7.07. The molecule has 2 aromatic carbocycles. The van der Waals surface area contributed by atoms with Gasteiger partial charge in [-0.1, -0.05) is 18.2 Å². The molecule has 0 saturated heterocycles. The minimum Gasteiger partial charge on any atom is -0.429 e. The minimum atomic E-state index is -1.09. The molecule has 0 spiro atoms. The summed E-state index contributed by atoms with van der Waals surface area (Å²) in [5.74, 6) is -1.06. The maximum absolute atomic E-state index is 13.8. The van der Waals surface area contributed by atoms with E-state index in [9.17, 15) is 14.4 Å². The van der Waals surface area contributed by atoms with Crippen molar-refractivity contribution in [3.8, 4) is 6.07 Å². The Kier molecular flexibility index (Phi) is 3.91. The molecule has 5 nitrogen and oxygen atoms in total. The SMILES string of the molecule is N#C[C@@H](NC(=O)c1ccc2[nH]c(=S)oc2c1)c1ccccc1F. The second kappa shape index (κ2) is 6.02. The number of hydrogen-bond acceptors (Lipinski definition) is 4. The van der Waals surface area contributed by atoms with Crippen molar-refractivity contribution in [1.29, 1.82) is 5.26 Å². The number of H-pyrrole nitrogens is 1. The summed E-state index contributed by atoms with van der Waals surface area (Å²) in [7, 11) is 0. The summed E-state index contributed by atoms with van der Waals surface area (Å²) in [6.45, 7) is 0. The van der Waals surface area contributed by atoms with Crippen molar-refractivity contribution in [2.45, 2.75) is 6.04 Å². The monoisotopic (exact) mass is 327 g/mol. The lowest BCUT2D eigenvalue weighted by molar-refractivity contribution is 0.0944. The number of benzene rings is 2. The van der Waals surface area contributed by atoms with Crippen LogP contribution in [0.15, 0.2) is 46.9 Å². The number of nitriles is 1. The molecule has 0 aliphatic heterocycles. The van der Waals surface area contributed by atoms with Crippen LogP contribution in [0, 0.1) is 22.0 Å². The lowest BCUT2D eigenvalue weighted by atomic mass is 10.1. The normalized spacial score (nSPS) is 11.8. The summed E-state index contributed by atoms with van der Waals surface area (Å²) in [6.07, 6.45) is 0. The summed E-state index contributed by atoms with van der Waals surface area (Å²) in [6, 6.07) is 11.3. The maximum atomic E-state index is 13.8. The molecule has 0 saturated carbocycles. The lowest BCUT2D eigenvalue weighted by Crippen LogP contribution is -2.28. The van der Waals surface area contributed by atoms with Crippen molar-refractivity contribution >= 4 is 29.2 Å². The number of hydrogen-bond donors (Lipinski definition) is 2. The topological polar surface area (TPSA) is 81.8 Å². The van der Waals surface area contributed by atoms with Crippen LogP contribution in [0.3, 0.4) is 0 Å². The molecule has 7 heteroatoms. The fraction of sp³-hybridized carbons (Fsp3) is 0.0625. The van der Waals surface area contributed by atoms with Crippen molar-refractivity contribution in [3.63, 3.8) is 0 Å². The zero-order valence-corrected chi connectivity index (χ0v) is 12.5. The molecule has 3 rings (SSSR count). The Hall–Kier alpha value is -2.98. The van der Waals surface area contributed by atoms with E-state index in [0.717, 1.165) is 0 Å². The highest BCUT2D eigenvalue weighted by atomic mass is 32.1. The second-order valence-corrected chi connectivity index (χ2v) is 5.15. The number of fused-ring (bicyclic) bond motifs is 1. The molecule has 3 aromatic rings. The van der Waals surface area contributed by atoms with Gasteiger partial charge in [0.05, 0.1) is 11.6 Å². The number of oxazole rings is 1. The Morgan fingerprint density at radius 3 is 2.87 bits per heavy atom. The smallest absolute Gasteiger partial charge is 0.266 e. The van der Waals surface area contributed by atoms with E-state index in [4.69, 9.17) is 16.6 Å². The average Bonchev–Trinajstić information content (AvgIpc) is 2.92. The molecular formula is C16H10FN3O2S. The highest BCUT2D eigenvalue weighted by Crippen LogP contribution is 2.19. The third kappa shape index (κ3) is 2.98. The Morgan fingerprint density at radius 2 is 2.13 bits per heavy atom. The Bertz CT molecular complexity index is 987. The van der Waals surface area contributed by atoms with Crippen molar-refractivity contribution in [3.05, 3.63) is 64.2 Å². The predicted molar refractivity (Wildman–Crippen MR) is 83.6 cm³/mol. The molecule has 1 heterocycles. The van der Waals surface area contributed by atoms with Crippen LogP contribution in [-0.4, -0.2) is 10.9 Å². The number of aromatic nitrogens is 1. The van der Waals surface area contributed by atoms with E-state index in [1.165, 1.54) is 24.3 Å². The molecule has 1 amide bonds. The molecule has 0 fully saturated rings. The Morgan fingerprint density at radius 1 is 1.35 bits per heavy atom. The van der Waals surface area contributed by atoms with Gasteiger partial charge in [-0.3, -0.25) is 4.79 Å². The van der Waals surface area contributed by atoms with Crippen LogP contribution >= 0.6 is 12.2 Å². The highest BCUT2D eigenvalue weighted by Gasteiger charge is 2.18. The first-order valence-electron chi connectivity index (χ1n) is 6.66. The lowest BCUT2D eigenvalue weighted by Gasteiger charge is -2.12. The molecule has 1 atom stereocenters. The summed E-state index contributed by atoms with van der Waals surface area (Å²) in [4.78, 5) is 15.3. The first-order chi connectivity index (χ1) is 11.1. The van der Waals surface area contributed by atoms with E-state index in [-0.39, 0.29) is 16.0 Å². The molecule has 1 aromatic heterocycles. The van der Waals surface area contributed by atoms with Crippen molar-refractivity contribution in [2.24, 2.45) is 0 Å². The van der Waals surface area contributed by atoms with Crippen LogP contribution in [0.2, 0.25) is 0 Å². The van der Waals surface area contributed by atoms with Gasteiger partial charge in [0.2, 0.25) is 0 Å². The number of rotatable bonds is 3. The van der Waals surface area contributed by atoms with Crippen molar-refractivity contribution in [2.75, 3.05) is 0 Å². The van der Waals surface area contributed by atoms with E-state index in [2.05, 4.69) is 10.3 Å². The van der Waals surface area contributed by atoms with Crippen molar-refractivity contribution in [1.82, 2.24) is 10.3 Å². The van der Waals surface area contributed by atoms with E-state index in [1.807, 2.05) is 6.07 Å². The second-order valence-electron chi connectivity index (χ2n) is 4.78. The quantitative estimate of drug-likeness (QED) is 0.720. The number of aromatic amines is 1. The first kappa shape index (κ1) is 14.9. The van der Waals surface area contributed by atoms with E-state index >= 15 is 0 Å². The largest absolute Gasteiger partial charge is 0.429 e. The third-order valence-electron chi connectivity index (χ3n) is 3.30. The Labute approximate surface area is 135 Å². The molecule has 23 heavy (non-hydrogen) atoms. The molecule has 0 aliphatic carbocycles. The standard InChI is InChI=1S/C16H10FN3O2S/c17-11-4-2-1-3-10(11)13(8-18)19-15(21)9-5-6-12-14(7-9)22-16(23)20-12/h1-7,13H,(H,19,21)(H,20,23)/t13-/m1/s1. The van der Waals surface area contributed by atoms with E-state index in [1.54, 1.807) is 18.2 Å². The minimum absolute atomic E-state index is 0.114. The number of carbonyl (C=O) groups is 1. The van der Waals surface area contributed by atoms with Gasteiger partial charge in [0, 0.05) is 11.1 Å². The number of halogens is 1. The summed E-state index contributed by atoms with van der Waals surface area (Å²) >= 11 is 4.88. The van der Waals surface area contributed by atoms with Crippen LogP contribution < -0.4 is 5.32 Å². The Balaban J connectivity index is 1.88. The maximum Gasteiger partial charge on any atom is 0.266 e. The van der Waals surface area contributed by atoms with Crippen LogP contribution in [-0.2, 0) is 0 Å². The average molecular weight is 327 g/mol. The third-order valence-corrected chi connectivity index (χ3v) is 3.49. The van der Waals surface area contributed by atoms with E-state index < -0.39 is 17.8 Å². The van der Waals surface area contributed by atoms with Crippen LogP contribution in [0.1, 0.15) is 22.0 Å². The van der Waals surface area contributed by atoms with Crippen molar-refractivity contribution < 1.29 is 13.6 Å². The van der Waals surface area contributed by atoms with Gasteiger partial charge >= 0.3 is 0 Å². The molecule has 114 valence electrons. The van der Waals surface area contributed by atoms with Gasteiger partial charge in [0.15, 0.2) is 5.58 Å². The number of nitrogens with zero attached hydrogens (tertiary/aromatic N) is 1. The van der Waals surface area contributed by atoms with Gasteiger partial charge in [0.1, 0.15) is 11.9 Å². The van der Waals surface area contributed by atoms with Gasteiger partial charge < -0.3 is 14.7 Å². The van der Waals surface area contributed by atoms with Crippen LogP contribution in [0.25, 0.3) is 11.1 Å². The summed E-state index contributed by atoms with van der Waals surface area (Å²) < 4.78 is 19.0. The fourth-order valence-corrected chi connectivity index (χ4v) is 2.39. The highest BCUT2D eigenvalue weighted by molar-refractivity contribution is 7.71. The molecule has 0 bridgehead atoms. The molecular weight excluding hydrogens is 317 g/mol. The summed E-state index contributed by atoms with van der Waals surface area (Å²) in [5, 5.41) is 11.7. The van der Waals surface area contributed by atoms with Gasteiger partial charge in [0.25, 0.3) is 10.7 Å². The molecule has 0 unspecified atom stereocenters. The fourth-order valence-electron chi connectivity index (χ4n) is 2.19. The summed E-state index contributed by atoms with van der Waals surface area (Å²) in [5.41, 5.74) is 1.50. The zero-order valence-electron chi connectivity index (χ0n) is 11.7. The van der Waals surface area contributed by atoms with Gasteiger partial charge in [-0.2, -0.15) is 5.26 Å². The van der Waals surface area contributed by atoms with Gasteiger partial charge in [-0.15, -0.1) is 0 Å². The molecule has 0 aliphatic rings. The zero-order chi connectivity index (χ0) is 16.4. The number of amides is 1. The van der Waals surface area contributed by atoms with Crippen LogP contribution in [0.5, 0.6) is 0 Å². The van der Waals surface area contributed by atoms with Crippen LogP contribution in [0.4, 0.5) is 4.39 Å². The van der Waals surface area contributed by atoms with E-state index in [0.29, 0.717) is 11.1 Å². The number of nitrogens with one attached hydrogen (secondary N) is 2. The molecule has 2 N–H and O–H groups in total. The predicted octanol–water partition coefficient (Wildman–Crippen LogP) is 3.62. The van der Waals surface area contributed by atoms with Gasteiger partial charge in [-0.25, -0.2) is 4.39 Å². The number of carbonyl (C=O) groups excluding carboxylic acids is 1. The molecule has 0 radical (unpaired) electrons. The van der Waals surface area contributed by atoms with Gasteiger partial charge in [-0.05, 0) is 36.5 Å².